The van der Waals surface area contributed by atoms with E-state index >= 15 is 0 Å². The number of ether oxygens (including phenoxy) is 2. The predicted molar refractivity (Wildman–Crippen MR) is 78.0 cm³/mol. The Morgan fingerprint density at radius 3 is 2.22 bits per heavy atom. The minimum Gasteiger partial charge on any atom is -0.385 e. The van der Waals surface area contributed by atoms with Gasteiger partial charge in [0.25, 0.3) is 0 Å². The summed E-state index contributed by atoms with van der Waals surface area (Å²) in [7, 11) is 1.73. The lowest BCUT2D eigenvalue weighted by Gasteiger charge is -2.27. The summed E-state index contributed by atoms with van der Waals surface area (Å²) in [5.74, 6) is 1.38. The molecule has 3 heteroatoms. The highest BCUT2D eigenvalue weighted by Gasteiger charge is 2.16. The van der Waals surface area contributed by atoms with Crippen LogP contribution in [0.3, 0.4) is 0 Å². The maximum Gasteiger partial charge on any atom is 0.0487 e. The van der Waals surface area contributed by atoms with Crippen molar-refractivity contribution in [3.05, 3.63) is 0 Å². The van der Waals surface area contributed by atoms with Gasteiger partial charge < -0.3 is 14.8 Å². The maximum absolute atomic E-state index is 5.64. The van der Waals surface area contributed by atoms with Crippen molar-refractivity contribution in [1.82, 2.24) is 5.32 Å². The Kier molecular flexibility index (Phi) is 9.70. The molecule has 0 saturated heterocycles. The number of rotatable bonds is 10. The van der Waals surface area contributed by atoms with E-state index in [4.69, 9.17) is 9.47 Å². The minimum absolute atomic E-state index is 0.201. The lowest BCUT2D eigenvalue weighted by Crippen LogP contribution is -2.40. The maximum atomic E-state index is 5.64. The van der Waals surface area contributed by atoms with E-state index in [1.165, 1.54) is 0 Å². The Hall–Kier alpha value is -0.120. The van der Waals surface area contributed by atoms with Crippen LogP contribution >= 0.6 is 0 Å². The standard InChI is InChI=1S/C15H33NO2/c1-13(2)14(12-16-15(3,4)5)8-11-18-10-7-9-17-6/h13-14,16H,7-12H2,1-6H3. The SMILES string of the molecule is COCCCOCCC(CNC(C)(C)C)C(C)C. The van der Waals surface area contributed by atoms with Crippen LogP contribution < -0.4 is 5.32 Å². The average molecular weight is 259 g/mol. The second-order valence-electron chi connectivity index (χ2n) is 6.38. The zero-order valence-corrected chi connectivity index (χ0v) is 13.2. The largest absolute Gasteiger partial charge is 0.385 e. The molecule has 1 N–H and O–H groups in total. The summed E-state index contributed by atoms with van der Waals surface area (Å²) in [5.41, 5.74) is 0.201. The summed E-state index contributed by atoms with van der Waals surface area (Å²) in [6, 6.07) is 0. The molecule has 0 aliphatic rings. The number of hydrogen-bond acceptors (Lipinski definition) is 3. The fraction of sp³-hybridized carbons (Fsp3) is 1.00. The van der Waals surface area contributed by atoms with Crippen LogP contribution in [0.4, 0.5) is 0 Å². The van der Waals surface area contributed by atoms with Gasteiger partial charge in [-0.1, -0.05) is 13.8 Å². The highest BCUT2D eigenvalue weighted by Crippen LogP contribution is 2.15. The molecule has 0 aromatic carbocycles. The summed E-state index contributed by atoms with van der Waals surface area (Å²) in [6.07, 6.45) is 2.12. The first kappa shape index (κ1) is 17.9. The monoisotopic (exact) mass is 259 g/mol. The van der Waals surface area contributed by atoms with E-state index in [9.17, 15) is 0 Å². The van der Waals surface area contributed by atoms with Crippen LogP contribution in [-0.4, -0.2) is 39.0 Å². The van der Waals surface area contributed by atoms with E-state index in [-0.39, 0.29) is 5.54 Å². The van der Waals surface area contributed by atoms with Crippen LogP contribution in [0.5, 0.6) is 0 Å². The third-order valence-electron chi connectivity index (χ3n) is 3.11. The predicted octanol–water partition coefficient (Wildman–Crippen LogP) is 3.09. The van der Waals surface area contributed by atoms with Gasteiger partial charge in [-0.3, -0.25) is 0 Å². The van der Waals surface area contributed by atoms with Gasteiger partial charge in [0.15, 0.2) is 0 Å². The second-order valence-corrected chi connectivity index (χ2v) is 6.38. The lowest BCUT2D eigenvalue weighted by molar-refractivity contribution is 0.0883. The normalized spacial score (nSPS) is 14.2. The topological polar surface area (TPSA) is 30.5 Å². The van der Waals surface area contributed by atoms with Gasteiger partial charge in [0.1, 0.15) is 0 Å². The van der Waals surface area contributed by atoms with E-state index in [0.717, 1.165) is 39.2 Å². The van der Waals surface area contributed by atoms with Crippen molar-refractivity contribution in [3.8, 4) is 0 Å². The summed E-state index contributed by atoms with van der Waals surface area (Å²) >= 11 is 0. The number of hydrogen-bond donors (Lipinski definition) is 1. The van der Waals surface area contributed by atoms with Crippen LogP contribution in [0.15, 0.2) is 0 Å². The fourth-order valence-electron chi connectivity index (χ4n) is 1.75. The Morgan fingerprint density at radius 2 is 1.72 bits per heavy atom. The molecule has 0 aliphatic carbocycles. The Balaban J connectivity index is 3.71. The van der Waals surface area contributed by atoms with Crippen LogP contribution in [0.25, 0.3) is 0 Å². The van der Waals surface area contributed by atoms with Crippen molar-refractivity contribution < 1.29 is 9.47 Å². The van der Waals surface area contributed by atoms with Gasteiger partial charge in [-0.05, 0) is 52.0 Å². The molecule has 1 atom stereocenters. The van der Waals surface area contributed by atoms with E-state index in [2.05, 4.69) is 39.9 Å². The Labute approximate surface area is 114 Å². The molecule has 110 valence electrons. The molecule has 0 fully saturated rings. The van der Waals surface area contributed by atoms with Crippen molar-refractivity contribution in [1.29, 1.82) is 0 Å². The molecule has 0 spiro atoms. The molecule has 0 amide bonds. The third-order valence-corrected chi connectivity index (χ3v) is 3.11. The number of nitrogens with one attached hydrogen (secondary N) is 1. The van der Waals surface area contributed by atoms with Gasteiger partial charge in [-0.15, -0.1) is 0 Å². The molecule has 0 aromatic heterocycles. The highest BCUT2D eigenvalue weighted by atomic mass is 16.5. The summed E-state index contributed by atoms with van der Waals surface area (Å²) < 4.78 is 10.6. The first-order valence-electron chi connectivity index (χ1n) is 7.18. The molecule has 18 heavy (non-hydrogen) atoms. The average Bonchev–Trinajstić information content (AvgIpc) is 2.25. The first-order chi connectivity index (χ1) is 8.37. The van der Waals surface area contributed by atoms with Crippen molar-refractivity contribution in [3.63, 3.8) is 0 Å². The molecular weight excluding hydrogens is 226 g/mol. The Bertz CT molecular complexity index is 187. The van der Waals surface area contributed by atoms with E-state index < -0.39 is 0 Å². The van der Waals surface area contributed by atoms with Crippen LogP contribution in [0, 0.1) is 11.8 Å². The zero-order chi connectivity index (χ0) is 14.0. The zero-order valence-electron chi connectivity index (χ0n) is 13.2. The van der Waals surface area contributed by atoms with Crippen molar-refractivity contribution in [2.75, 3.05) is 33.5 Å². The van der Waals surface area contributed by atoms with Gasteiger partial charge >= 0.3 is 0 Å². The molecule has 1 unspecified atom stereocenters. The lowest BCUT2D eigenvalue weighted by atomic mass is 9.92. The Morgan fingerprint density at radius 1 is 1.06 bits per heavy atom. The van der Waals surface area contributed by atoms with Crippen LogP contribution in [0.2, 0.25) is 0 Å². The van der Waals surface area contributed by atoms with Gasteiger partial charge in [0, 0.05) is 32.5 Å². The minimum atomic E-state index is 0.201. The van der Waals surface area contributed by atoms with Gasteiger partial charge in [0.2, 0.25) is 0 Å². The molecular formula is C15H33NO2. The molecule has 0 saturated carbocycles. The summed E-state index contributed by atoms with van der Waals surface area (Å²) in [4.78, 5) is 0. The van der Waals surface area contributed by atoms with Crippen molar-refractivity contribution in [2.45, 2.75) is 53.0 Å². The summed E-state index contributed by atoms with van der Waals surface area (Å²) in [6.45, 7) is 14.8. The molecule has 0 aliphatic heterocycles. The second kappa shape index (κ2) is 9.76. The molecule has 3 nitrogen and oxygen atoms in total. The third kappa shape index (κ3) is 11.0. The molecule has 0 aromatic rings. The molecule has 0 bridgehead atoms. The van der Waals surface area contributed by atoms with Crippen LogP contribution in [0.1, 0.15) is 47.5 Å². The van der Waals surface area contributed by atoms with Gasteiger partial charge in [-0.25, -0.2) is 0 Å². The van der Waals surface area contributed by atoms with E-state index in [1.807, 2.05) is 0 Å². The smallest absolute Gasteiger partial charge is 0.0487 e. The van der Waals surface area contributed by atoms with Gasteiger partial charge in [-0.2, -0.15) is 0 Å². The number of methoxy groups -OCH3 is 1. The fourth-order valence-corrected chi connectivity index (χ4v) is 1.75. The van der Waals surface area contributed by atoms with Crippen molar-refractivity contribution >= 4 is 0 Å². The van der Waals surface area contributed by atoms with E-state index in [0.29, 0.717) is 11.8 Å². The molecule has 0 heterocycles. The van der Waals surface area contributed by atoms with Crippen molar-refractivity contribution in [2.24, 2.45) is 11.8 Å². The summed E-state index contributed by atoms with van der Waals surface area (Å²) in [5, 5.41) is 3.59. The molecule has 0 radical (unpaired) electrons. The quantitative estimate of drug-likeness (QED) is 0.612. The van der Waals surface area contributed by atoms with E-state index in [1.54, 1.807) is 7.11 Å². The van der Waals surface area contributed by atoms with Gasteiger partial charge in [0.05, 0.1) is 0 Å². The molecule has 0 rings (SSSR count). The van der Waals surface area contributed by atoms with Crippen LogP contribution in [-0.2, 0) is 9.47 Å². The highest BCUT2D eigenvalue weighted by molar-refractivity contribution is 4.74. The first-order valence-corrected chi connectivity index (χ1v) is 7.18.